The number of amides is 2. The largest absolute Gasteiger partial charge is 0.481 e. The number of hydrogen-bond donors (Lipinski definition) is 2. The molecule has 0 unspecified atom stereocenters. The highest BCUT2D eigenvalue weighted by Gasteiger charge is 2.28. The van der Waals surface area contributed by atoms with E-state index in [1.54, 1.807) is 18.7 Å². The third-order valence-electron chi connectivity index (χ3n) is 3.37. The molecule has 2 N–H and O–H groups in total. The molecule has 1 fully saturated rings. The van der Waals surface area contributed by atoms with E-state index in [4.69, 9.17) is 5.11 Å². The molecule has 0 radical (unpaired) electrons. The molecule has 110 valence electrons. The monoisotopic (exact) mass is 271 g/mol. The smallest absolute Gasteiger partial charge is 0.317 e. The van der Waals surface area contributed by atoms with Crippen molar-refractivity contribution in [3.05, 3.63) is 0 Å². The van der Waals surface area contributed by atoms with Gasteiger partial charge in [0, 0.05) is 37.8 Å². The molecule has 0 atom stereocenters. The number of carboxylic acid groups (broad SMARTS) is 1. The molecule has 1 aliphatic heterocycles. The fourth-order valence-electron chi connectivity index (χ4n) is 2.23. The van der Waals surface area contributed by atoms with Gasteiger partial charge in [-0.2, -0.15) is 0 Å². The number of carbonyl (C=O) groups is 2. The molecule has 0 bridgehead atoms. The molecule has 0 aromatic carbocycles. The SMILES string of the molecule is CC(C)N1CCN(C(=O)NC(C)(C)CC(=O)O)CC1. The molecule has 19 heavy (non-hydrogen) atoms. The van der Waals surface area contributed by atoms with Gasteiger partial charge in [-0.1, -0.05) is 0 Å². The van der Waals surface area contributed by atoms with Crippen LogP contribution in [-0.2, 0) is 4.79 Å². The van der Waals surface area contributed by atoms with Gasteiger partial charge in [0.1, 0.15) is 0 Å². The second-order valence-electron chi connectivity index (χ2n) is 6.00. The van der Waals surface area contributed by atoms with Crippen LogP contribution in [0.3, 0.4) is 0 Å². The van der Waals surface area contributed by atoms with E-state index in [-0.39, 0.29) is 12.5 Å². The molecule has 1 saturated heterocycles. The normalized spacial score (nSPS) is 17.6. The number of rotatable bonds is 4. The number of carbonyl (C=O) groups excluding carboxylic acids is 1. The van der Waals surface area contributed by atoms with Gasteiger partial charge in [-0.25, -0.2) is 4.79 Å². The second kappa shape index (κ2) is 6.23. The van der Waals surface area contributed by atoms with Gasteiger partial charge in [0.05, 0.1) is 6.42 Å². The molecule has 6 nitrogen and oxygen atoms in total. The number of carboxylic acids is 1. The van der Waals surface area contributed by atoms with E-state index in [2.05, 4.69) is 24.1 Å². The molecule has 0 aromatic rings. The van der Waals surface area contributed by atoms with Crippen LogP contribution in [0.4, 0.5) is 4.79 Å². The fourth-order valence-corrected chi connectivity index (χ4v) is 2.23. The van der Waals surface area contributed by atoms with Gasteiger partial charge >= 0.3 is 12.0 Å². The zero-order valence-electron chi connectivity index (χ0n) is 12.3. The number of aliphatic carboxylic acids is 1. The lowest BCUT2D eigenvalue weighted by Gasteiger charge is -2.38. The van der Waals surface area contributed by atoms with Crippen LogP contribution in [0.1, 0.15) is 34.1 Å². The number of hydrogen-bond acceptors (Lipinski definition) is 3. The molecule has 0 aliphatic carbocycles. The highest BCUT2D eigenvalue weighted by atomic mass is 16.4. The Morgan fingerprint density at radius 1 is 1.21 bits per heavy atom. The van der Waals surface area contributed by atoms with Gasteiger partial charge in [-0.3, -0.25) is 9.69 Å². The first-order valence-electron chi connectivity index (χ1n) is 6.74. The maximum atomic E-state index is 12.1. The Morgan fingerprint density at radius 2 is 1.74 bits per heavy atom. The first kappa shape index (κ1) is 15.8. The van der Waals surface area contributed by atoms with Gasteiger partial charge < -0.3 is 15.3 Å². The van der Waals surface area contributed by atoms with Crippen LogP contribution in [0, 0.1) is 0 Å². The van der Waals surface area contributed by atoms with E-state index in [1.807, 2.05) is 0 Å². The first-order chi connectivity index (χ1) is 8.71. The van der Waals surface area contributed by atoms with Crippen molar-refractivity contribution in [1.29, 1.82) is 0 Å². The van der Waals surface area contributed by atoms with E-state index in [9.17, 15) is 9.59 Å². The topological polar surface area (TPSA) is 72.9 Å². The fraction of sp³-hybridized carbons (Fsp3) is 0.846. The van der Waals surface area contributed by atoms with Crippen molar-refractivity contribution in [3.8, 4) is 0 Å². The minimum Gasteiger partial charge on any atom is -0.481 e. The summed E-state index contributed by atoms with van der Waals surface area (Å²) in [6.45, 7) is 10.8. The van der Waals surface area contributed by atoms with Crippen molar-refractivity contribution < 1.29 is 14.7 Å². The van der Waals surface area contributed by atoms with Crippen LogP contribution in [0.2, 0.25) is 0 Å². The van der Waals surface area contributed by atoms with E-state index in [0.29, 0.717) is 19.1 Å². The minimum absolute atomic E-state index is 0.0787. The van der Waals surface area contributed by atoms with Crippen LogP contribution in [0.15, 0.2) is 0 Å². The maximum Gasteiger partial charge on any atom is 0.317 e. The van der Waals surface area contributed by atoms with Crippen LogP contribution in [0.25, 0.3) is 0 Å². The Morgan fingerprint density at radius 3 is 2.16 bits per heavy atom. The quantitative estimate of drug-likeness (QED) is 0.799. The molecule has 1 rings (SSSR count). The highest BCUT2D eigenvalue weighted by molar-refractivity contribution is 5.76. The second-order valence-corrected chi connectivity index (χ2v) is 6.00. The Kier molecular flexibility index (Phi) is 5.17. The van der Waals surface area contributed by atoms with Crippen molar-refractivity contribution in [2.75, 3.05) is 26.2 Å². The summed E-state index contributed by atoms with van der Waals surface area (Å²) >= 11 is 0. The van der Waals surface area contributed by atoms with Crippen molar-refractivity contribution in [3.63, 3.8) is 0 Å². The maximum absolute atomic E-state index is 12.1. The van der Waals surface area contributed by atoms with Crippen molar-refractivity contribution >= 4 is 12.0 Å². The van der Waals surface area contributed by atoms with Gasteiger partial charge in [-0.05, 0) is 27.7 Å². The third kappa shape index (κ3) is 5.06. The zero-order chi connectivity index (χ0) is 14.6. The van der Waals surface area contributed by atoms with Gasteiger partial charge in [-0.15, -0.1) is 0 Å². The standard InChI is InChI=1S/C13H25N3O3/c1-10(2)15-5-7-16(8-6-15)12(19)14-13(3,4)9-11(17)18/h10H,5-9H2,1-4H3,(H,14,19)(H,17,18). The molecule has 1 heterocycles. The molecular weight excluding hydrogens is 246 g/mol. The number of urea groups is 1. The first-order valence-corrected chi connectivity index (χ1v) is 6.74. The highest BCUT2D eigenvalue weighted by Crippen LogP contribution is 2.11. The van der Waals surface area contributed by atoms with E-state index < -0.39 is 11.5 Å². The van der Waals surface area contributed by atoms with E-state index in [1.165, 1.54) is 0 Å². The molecule has 1 aliphatic rings. The predicted molar refractivity (Wildman–Crippen MR) is 73.1 cm³/mol. The molecule has 0 aromatic heterocycles. The summed E-state index contributed by atoms with van der Waals surface area (Å²) in [5.41, 5.74) is -0.724. The summed E-state index contributed by atoms with van der Waals surface area (Å²) in [5, 5.41) is 11.6. The average Bonchev–Trinajstić information content (AvgIpc) is 2.26. The van der Waals surface area contributed by atoms with E-state index >= 15 is 0 Å². The molecule has 0 spiro atoms. The number of nitrogens with zero attached hydrogens (tertiary/aromatic N) is 2. The lowest BCUT2D eigenvalue weighted by Crippen LogP contribution is -2.57. The lowest BCUT2D eigenvalue weighted by atomic mass is 10.0. The Bertz CT molecular complexity index is 334. The number of nitrogens with one attached hydrogen (secondary N) is 1. The van der Waals surface area contributed by atoms with E-state index in [0.717, 1.165) is 13.1 Å². The lowest BCUT2D eigenvalue weighted by molar-refractivity contribution is -0.138. The third-order valence-corrected chi connectivity index (χ3v) is 3.37. The predicted octanol–water partition coefficient (Wildman–Crippen LogP) is 0.975. The molecule has 0 saturated carbocycles. The van der Waals surface area contributed by atoms with Crippen LogP contribution < -0.4 is 5.32 Å². The molecular formula is C13H25N3O3. The Labute approximate surface area is 114 Å². The van der Waals surface area contributed by atoms with Crippen LogP contribution in [0.5, 0.6) is 0 Å². The summed E-state index contributed by atoms with van der Waals surface area (Å²) in [4.78, 5) is 26.9. The van der Waals surface area contributed by atoms with Crippen molar-refractivity contribution in [2.45, 2.75) is 45.7 Å². The van der Waals surface area contributed by atoms with Gasteiger partial charge in [0.25, 0.3) is 0 Å². The summed E-state index contributed by atoms with van der Waals surface area (Å²) in [6.07, 6.45) is -0.0787. The Hall–Kier alpha value is -1.30. The Balaban J connectivity index is 2.45. The summed E-state index contributed by atoms with van der Waals surface area (Å²) < 4.78 is 0. The zero-order valence-corrected chi connectivity index (χ0v) is 12.3. The average molecular weight is 271 g/mol. The minimum atomic E-state index is -0.907. The van der Waals surface area contributed by atoms with Crippen LogP contribution >= 0.6 is 0 Å². The number of piperazine rings is 1. The summed E-state index contributed by atoms with van der Waals surface area (Å²) in [7, 11) is 0. The van der Waals surface area contributed by atoms with Crippen molar-refractivity contribution in [2.24, 2.45) is 0 Å². The van der Waals surface area contributed by atoms with Crippen LogP contribution in [-0.4, -0.2) is 64.7 Å². The summed E-state index contributed by atoms with van der Waals surface area (Å²) in [5.74, 6) is -0.907. The van der Waals surface area contributed by atoms with Crippen molar-refractivity contribution in [1.82, 2.24) is 15.1 Å². The summed E-state index contributed by atoms with van der Waals surface area (Å²) in [6, 6.07) is 0.323. The van der Waals surface area contributed by atoms with Gasteiger partial charge in [0.15, 0.2) is 0 Å². The molecule has 6 heteroatoms. The molecule has 2 amide bonds. The van der Waals surface area contributed by atoms with Gasteiger partial charge in [0.2, 0.25) is 0 Å².